The van der Waals surface area contributed by atoms with Crippen LogP contribution in [0.3, 0.4) is 0 Å². The molecule has 4 aromatic carbocycles. The molecule has 0 spiro atoms. The molecule has 0 fully saturated rings. The smallest absolute Gasteiger partial charge is 0.338 e. The molecular weight excluding hydrogens is 546 g/mol. The summed E-state index contributed by atoms with van der Waals surface area (Å²) in [7, 11) is 0. The van der Waals surface area contributed by atoms with Crippen molar-refractivity contribution in [2.24, 2.45) is 0 Å². The van der Waals surface area contributed by atoms with Crippen LogP contribution in [0, 0.1) is 11.6 Å². The Morgan fingerprint density at radius 1 is 0.619 bits per heavy atom. The minimum Gasteiger partial charge on any atom is -0.494 e. The van der Waals surface area contributed by atoms with E-state index in [1.54, 1.807) is 49.4 Å². The van der Waals surface area contributed by atoms with Crippen molar-refractivity contribution in [2.75, 3.05) is 34.5 Å². The first kappa shape index (κ1) is 31.1. The summed E-state index contributed by atoms with van der Waals surface area (Å²) in [5.74, 6) is -0.542. The van der Waals surface area contributed by atoms with E-state index in [9.17, 15) is 23.2 Å². The number of carbonyl (C=O) groups excluding carboxylic acids is 3. The third kappa shape index (κ3) is 10.3. The molecule has 0 aliphatic carbocycles. The lowest BCUT2D eigenvalue weighted by molar-refractivity contribution is 0.0526. The van der Waals surface area contributed by atoms with Gasteiger partial charge in [-0.15, -0.1) is 0 Å². The predicted octanol–water partition coefficient (Wildman–Crippen LogP) is 7.51. The fourth-order valence-electron chi connectivity index (χ4n) is 3.38. The summed E-state index contributed by atoms with van der Waals surface area (Å²) in [5, 5.41) is 10.2. The third-order valence-electron chi connectivity index (χ3n) is 5.30. The predicted molar refractivity (Wildman–Crippen MR) is 158 cm³/mol. The molecule has 0 aromatic heterocycles. The zero-order valence-corrected chi connectivity index (χ0v) is 22.9. The Kier molecular flexibility index (Phi) is 11.8. The van der Waals surface area contributed by atoms with Gasteiger partial charge >= 0.3 is 18.0 Å². The van der Waals surface area contributed by atoms with Gasteiger partial charge in [0.15, 0.2) is 0 Å². The Bertz CT molecular complexity index is 1460. The number of esters is 1. The van der Waals surface area contributed by atoms with Crippen LogP contribution in [0.1, 0.15) is 24.2 Å². The number of urea groups is 2. The molecule has 4 aromatic rings. The van der Waals surface area contributed by atoms with Gasteiger partial charge in [-0.3, -0.25) is 0 Å². The van der Waals surface area contributed by atoms with E-state index in [4.69, 9.17) is 9.47 Å². The van der Waals surface area contributed by atoms with E-state index in [0.29, 0.717) is 35.8 Å². The van der Waals surface area contributed by atoms with Crippen LogP contribution in [0.25, 0.3) is 0 Å². The summed E-state index contributed by atoms with van der Waals surface area (Å²) in [4.78, 5) is 35.0. The highest BCUT2D eigenvalue weighted by atomic mass is 19.1. The highest BCUT2D eigenvalue weighted by molar-refractivity contribution is 6.00. The van der Waals surface area contributed by atoms with Crippen LogP contribution in [0.4, 0.5) is 41.1 Å². The Labute approximate surface area is 241 Å². The van der Waals surface area contributed by atoms with Crippen LogP contribution in [-0.2, 0) is 4.74 Å². The quantitative estimate of drug-likeness (QED) is 0.162. The molecule has 0 saturated heterocycles. The zero-order chi connectivity index (χ0) is 30.3. The second-order valence-corrected chi connectivity index (χ2v) is 8.40. The molecule has 0 atom stereocenters. The number of nitrogens with one attached hydrogen (secondary N) is 4. The number of anilines is 4. The highest BCUT2D eigenvalue weighted by Crippen LogP contribution is 2.17. The molecule has 0 saturated carbocycles. The van der Waals surface area contributed by atoms with Crippen LogP contribution < -0.4 is 26.0 Å². The number of amides is 4. The molecule has 9 nitrogen and oxygen atoms in total. The summed E-state index contributed by atoms with van der Waals surface area (Å²) in [5.41, 5.74) is 2.12. The van der Waals surface area contributed by atoms with Gasteiger partial charge in [-0.25, -0.2) is 23.2 Å². The fourth-order valence-corrected chi connectivity index (χ4v) is 3.38. The van der Waals surface area contributed by atoms with E-state index in [1.807, 2.05) is 6.92 Å². The van der Waals surface area contributed by atoms with Gasteiger partial charge in [0.2, 0.25) is 0 Å². The zero-order valence-electron chi connectivity index (χ0n) is 22.9. The second-order valence-electron chi connectivity index (χ2n) is 8.40. The van der Waals surface area contributed by atoms with Gasteiger partial charge in [0.1, 0.15) is 17.4 Å². The van der Waals surface area contributed by atoms with Crippen LogP contribution in [-0.4, -0.2) is 31.2 Å². The first-order valence-corrected chi connectivity index (χ1v) is 12.9. The van der Waals surface area contributed by atoms with Crippen molar-refractivity contribution in [3.63, 3.8) is 0 Å². The Morgan fingerprint density at radius 2 is 1.12 bits per heavy atom. The van der Waals surface area contributed by atoms with Crippen molar-refractivity contribution < 1.29 is 32.6 Å². The van der Waals surface area contributed by atoms with E-state index in [-0.39, 0.29) is 17.5 Å². The summed E-state index contributed by atoms with van der Waals surface area (Å²) < 4.78 is 36.3. The van der Waals surface area contributed by atoms with E-state index >= 15 is 0 Å². The molecule has 0 aliphatic heterocycles. The summed E-state index contributed by atoms with van der Waals surface area (Å²) in [6.07, 6.45) is 0. The van der Waals surface area contributed by atoms with Crippen molar-refractivity contribution in [1.29, 1.82) is 0 Å². The molecule has 42 heavy (non-hydrogen) atoms. The van der Waals surface area contributed by atoms with E-state index in [0.717, 1.165) is 5.75 Å². The van der Waals surface area contributed by atoms with Crippen molar-refractivity contribution >= 4 is 40.8 Å². The molecule has 218 valence electrons. The lowest BCUT2D eigenvalue weighted by Crippen LogP contribution is -2.20. The standard InChI is InChI=1S/C16H15FN2O3.C15H15FN2O2/c1-2-22-15(20)11-7-9-12(10-8-11)18-16(21)19-14-6-4-3-5-13(14)17;1-2-20-14-9-7-13(8-10-14)18-15(19)17-12-5-3-11(16)4-6-12/h3-10H,2H2,1H3,(H2,18,19,21);3-10H,2H2,1H3,(H2,17,18,19). The van der Waals surface area contributed by atoms with Crippen molar-refractivity contribution in [2.45, 2.75) is 13.8 Å². The minimum atomic E-state index is -0.575. The largest absolute Gasteiger partial charge is 0.494 e. The number of carbonyl (C=O) groups is 3. The Hall–Kier alpha value is -5.45. The number of para-hydroxylation sites is 1. The molecule has 0 heterocycles. The molecule has 0 radical (unpaired) electrons. The van der Waals surface area contributed by atoms with Gasteiger partial charge < -0.3 is 30.7 Å². The number of rotatable bonds is 8. The van der Waals surface area contributed by atoms with Gasteiger partial charge in [-0.1, -0.05) is 12.1 Å². The molecule has 11 heteroatoms. The average molecular weight is 577 g/mol. The van der Waals surface area contributed by atoms with Gasteiger partial charge in [-0.2, -0.15) is 0 Å². The lowest BCUT2D eigenvalue weighted by Gasteiger charge is -2.09. The molecule has 4 amide bonds. The number of ether oxygens (including phenoxy) is 2. The maximum atomic E-state index is 13.4. The van der Waals surface area contributed by atoms with Crippen LogP contribution >= 0.6 is 0 Å². The van der Waals surface area contributed by atoms with Crippen molar-refractivity contribution in [3.05, 3.63) is 114 Å². The Balaban J connectivity index is 0.000000231. The van der Waals surface area contributed by atoms with E-state index in [1.165, 1.54) is 54.6 Å². The van der Waals surface area contributed by atoms with Crippen molar-refractivity contribution in [1.82, 2.24) is 0 Å². The van der Waals surface area contributed by atoms with E-state index in [2.05, 4.69) is 21.3 Å². The Morgan fingerprint density at radius 3 is 1.64 bits per heavy atom. The SMILES string of the molecule is CCOC(=O)c1ccc(NC(=O)Nc2ccccc2F)cc1.CCOc1ccc(NC(=O)Nc2ccc(F)cc2)cc1. The summed E-state index contributed by atoms with van der Waals surface area (Å²) in [6.45, 7) is 4.52. The number of benzene rings is 4. The van der Waals surface area contributed by atoms with E-state index < -0.39 is 17.8 Å². The normalized spacial score (nSPS) is 9.90. The van der Waals surface area contributed by atoms with Gasteiger partial charge in [0, 0.05) is 17.1 Å². The molecule has 0 aliphatic rings. The summed E-state index contributed by atoms with van der Waals surface area (Å²) in [6, 6.07) is 23.7. The lowest BCUT2D eigenvalue weighted by atomic mass is 10.2. The van der Waals surface area contributed by atoms with Crippen molar-refractivity contribution in [3.8, 4) is 5.75 Å². The third-order valence-corrected chi connectivity index (χ3v) is 5.30. The molecule has 0 unspecified atom stereocenters. The van der Waals surface area contributed by atoms with Crippen LogP contribution in [0.2, 0.25) is 0 Å². The first-order chi connectivity index (χ1) is 20.3. The number of hydrogen-bond acceptors (Lipinski definition) is 5. The summed E-state index contributed by atoms with van der Waals surface area (Å²) >= 11 is 0. The number of halogens is 2. The second kappa shape index (κ2) is 16.0. The van der Waals surface area contributed by atoms with Gasteiger partial charge in [0.25, 0.3) is 0 Å². The monoisotopic (exact) mass is 576 g/mol. The highest BCUT2D eigenvalue weighted by Gasteiger charge is 2.09. The van der Waals surface area contributed by atoms with Gasteiger partial charge in [0.05, 0.1) is 24.5 Å². The average Bonchev–Trinajstić information content (AvgIpc) is 2.97. The van der Waals surface area contributed by atoms with Crippen LogP contribution in [0.15, 0.2) is 97.1 Å². The van der Waals surface area contributed by atoms with Crippen LogP contribution in [0.5, 0.6) is 5.75 Å². The maximum absolute atomic E-state index is 13.4. The molecule has 0 bridgehead atoms. The minimum absolute atomic E-state index is 0.0862. The molecular formula is C31H30F2N4O5. The van der Waals surface area contributed by atoms with Gasteiger partial charge in [-0.05, 0) is 98.8 Å². The fraction of sp³-hybridized carbons (Fsp3) is 0.129. The molecule has 4 N–H and O–H groups in total. The topological polar surface area (TPSA) is 118 Å². The first-order valence-electron chi connectivity index (χ1n) is 12.9. The molecule has 4 rings (SSSR count). The number of hydrogen-bond donors (Lipinski definition) is 4. The maximum Gasteiger partial charge on any atom is 0.338 e.